The second-order valence-electron chi connectivity index (χ2n) is 3.66. The van der Waals surface area contributed by atoms with E-state index in [9.17, 15) is 0 Å². The van der Waals surface area contributed by atoms with E-state index in [-0.39, 0.29) is 0 Å². The summed E-state index contributed by atoms with van der Waals surface area (Å²) in [6, 6.07) is 3.85. The lowest BCUT2D eigenvalue weighted by Crippen LogP contribution is -2.19. The van der Waals surface area contributed by atoms with Crippen LogP contribution in [0.3, 0.4) is 0 Å². The quantitative estimate of drug-likeness (QED) is 0.750. The van der Waals surface area contributed by atoms with E-state index in [0.717, 1.165) is 24.5 Å². The number of aromatic nitrogens is 1. The summed E-state index contributed by atoms with van der Waals surface area (Å²) in [5.74, 6) is 0.886. The van der Waals surface area contributed by atoms with Crippen LogP contribution in [-0.4, -0.2) is 44.2 Å². The second-order valence-corrected chi connectivity index (χ2v) is 3.66. The van der Waals surface area contributed by atoms with Gasteiger partial charge in [-0.05, 0) is 27.2 Å². The van der Waals surface area contributed by atoms with E-state index in [1.54, 1.807) is 6.20 Å². The zero-order valence-electron chi connectivity index (χ0n) is 9.66. The van der Waals surface area contributed by atoms with Gasteiger partial charge in [-0.2, -0.15) is 0 Å². The fourth-order valence-electron chi connectivity index (χ4n) is 1.17. The monoisotopic (exact) mass is 209 g/mol. The zero-order chi connectivity index (χ0) is 11.1. The van der Waals surface area contributed by atoms with Crippen LogP contribution in [0, 0.1) is 0 Å². The fraction of sp³-hybridized carbons (Fsp3) is 0.545. The maximum Gasteiger partial charge on any atom is 0.122 e. The van der Waals surface area contributed by atoms with E-state index in [1.165, 1.54) is 0 Å². The largest absolute Gasteiger partial charge is 0.492 e. The van der Waals surface area contributed by atoms with Gasteiger partial charge in [0.05, 0.1) is 5.69 Å². The Balaban J connectivity index is 2.43. The number of nitrogens with zero attached hydrogens (tertiary/aromatic N) is 2. The lowest BCUT2D eigenvalue weighted by molar-refractivity contribution is 0.261. The Morgan fingerprint density at radius 3 is 2.93 bits per heavy atom. The first-order valence-electron chi connectivity index (χ1n) is 5.09. The second kappa shape index (κ2) is 6.37. The van der Waals surface area contributed by atoms with Gasteiger partial charge in [0.2, 0.25) is 0 Å². The molecule has 1 aromatic rings. The van der Waals surface area contributed by atoms with Crippen LogP contribution in [0.1, 0.15) is 5.69 Å². The van der Waals surface area contributed by atoms with Crippen LogP contribution < -0.4 is 10.1 Å². The van der Waals surface area contributed by atoms with Gasteiger partial charge in [0.1, 0.15) is 12.4 Å². The first-order valence-corrected chi connectivity index (χ1v) is 5.09. The summed E-state index contributed by atoms with van der Waals surface area (Å²) >= 11 is 0. The molecule has 0 aromatic carbocycles. The third-order valence-electron chi connectivity index (χ3n) is 1.95. The van der Waals surface area contributed by atoms with Crippen LogP contribution in [0.4, 0.5) is 0 Å². The van der Waals surface area contributed by atoms with Crippen molar-refractivity contribution < 1.29 is 4.74 Å². The first-order chi connectivity index (χ1) is 7.22. The molecule has 0 radical (unpaired) electrons. The molecule has 0 fully saturated rings. The molecule has 0 saturated heterocycles. The normalized spacial score (nSPS) is 10.7. The number of hydrogen-bond donors (Lipinski definition) is 1. The maximum atomic E-state index is 5.59. The van der Waals surface area contributed by atoms with Crippen LogP contribution in [-0.2, 0) is 6.54 Å². The SMILES string of the molecule is CNCc1cc(OCCN(C)C)ccn1. The van der Waals surface area contributed by atoms with Gasteiger partial charge in [-0.1, -0.05) is 0 Å². The van der Waals surface area contributed by atoms with Crippen molar-refractivity contribution in [2.45, 2.75) is 6.54 Å². The molecule has 0 aliphatic heterocycles. The molecule has 1 rings (SSSR count). The van der Waals surface area contributed by atoms with Crippen molar-refractivity contribution in [3.8, 4) is 5.75 Å². The molecule has 4 nitrogen and oxygen atoms in total. The van der Waals surface area contributed by atoms with Gasteiger partial charge in [-0.15, -0.1) is 0 Å². The Kier molecular flexibility index (Phi) is 5.07. The minimum Gasteiger partial charge on any atom is -0.492 e. The van der Waals surface area contributed by atoms with Gasteiger partial charge in [-0.3, -0.25) is 4.98 Å². The number of pyridine rings is 1. The Labute approximate surface area is 91.3 Å². The first kappa shape index (κ1) is 11.9. The minimum atomic E-state index is 0.704. The van der Waals surface area contributed by atoms with E-state index in [4.69, 9.17) is 4.74 Å². The summed E-state index contributed by atoms with van der Waals surface area (Å²) in [4.78, 5) is 6.31. The molecule has 0 aliphatic rings. The summed E-state index contributed by atoms with van der Waals surface area (Å²) in [6.07, 6.45) is 1.78. The molecule has 0 saturated carbocycles. The van der Waals surface area contributed by atoms with E-state index >= 15 is 0 Å². The molecule has 0 aliphatic carbocycles. The fourth-order valence-corrected chi connectivity index (χ4v) is 1.17. The standard InChI is InChI=1S/C11H19N3O/c1-12-9-10-8-11(4-5-13-10)15-7-6-14(2)3/h4-5,8,12H,6-7,9H2,1-3H3. The van der Waals surface area contributed by atoms with Crippen molar-refractivity contribution in [3.63, 3.8) is 0 Å². The predicted octanol–water partition coefficient (Wildman–Crippen LogP) is 0.741. The highest BCUT2D eigenvalue weighted by Crippen LogP contribution is 2.10. The van der Waals surface area contributed by atoms with Gasteiger partial charge in [0.15, 0.2) is 0 Å². The molecule has 15 heavy (non-hydrogen) atoms. The minimum absolute atomic E-state index is 0.704. The molecule has 4 heteroatoms. The smallest absolute Gasteiger partial charge is 0.122 e. The highest BCUT2D eigenvalue weighted by atomic mass is 16.5. The molecule has 0 spiro atoms. The summed E-state index contributed by atoms with van der Waals surface area (Å²) in [5.41, 5.74) is 1.000. The summed E-state index contributed by atoms with van der Waals surface area (Å²) in [7, 11) is 5.96. The lowest BCUT2D eigenvalue weighted by atomic mass is 10.3. The average molecular weight is 209 g/mol. The van der Waals surface area contributed by atoms with Gasteiger partial charge >= 0.3 is 0 Å². The molecule has 1 aromatic heterocycles. The van der Waals surface area contributed by atoms with E-state index in [1.807, 2.05) is 33.3 Å². The molecule has 0 unspecified atom stereocenters. The van der Waals surface area contributed by atoms with Gasteiger partial charge in [-0.25, -0.2) is 0 Å². The summed E-state index contributed by atoms with van der Waals surface area (Å²) in [6.45, 7) is 2.39. The third kappa shape index (κ3) is 4.76. The average Bonchev–Trinajstić information content (AvgIpc) is 2.18. The highest BCUT2D eigenvalue weighted by Gasteiger charge is 1.97. The lowest BCUT2D eigenvalue weighted by Gasteiger charge is -2.11. The van der Waals surface area contributed by atoms with E-state index in [0.29, 0.717) is 6.61 Å². The third-order valence-corrected chi connectivity index (χ3v) is 1.95. The number of ether oxygens (including phenoxy) is 1. The number of likely N-dealkylation sites (N-methyl/N-ethyl adjacent to an activating group) is 1. The molecule has 1 N–H and O–H groups in total. The summed E-state index contributed by atoms with van der Waals surface area (Å²) < 4.78 is 5.59. The molecule has 84 valence electrons. The Morgan fingerprint density at radius 1 is 1.47 bits per heavy atom. The van der Waals surface area contributed by atoms with Crippen molar-refractivity contribution in [1.29, 1.82) is 0 Å². The van der Waals surface area contributed by atoms with E-state index < -0.39 is 0 Å². The predicted molar refractivity (Wildman–Crippen MR) is 61.0 cm³/mol. The maximum absolute atomic E-state index is 5.59. The molecule has 1 heterocycles. The Morgan fingerprint density at radius 2 is 2.27 bits per heavy atom. The Bertz CT molecular complexity index is 289. The zero-order valence-corrected chi connectivity index (χ0v) is 9.66. The van der Waals surface area contributed by atoms with Crippen molar-refractivity contribution in [1.82, 2.24) is 15.2 Å². The van der Waals surface area contributed by atoms with Crippen LogP contribution in [0.5, 0.6) is 5.75 Å². The number of nitrogens with one attached hydrogen (secondary N) is 1. The van der Waals surface area contributed by atoms with Gasteiger partial charge < -0.3 is 15.0 Å². The topological polar surface area (TPSA) is 37.4 Å². The molecule has 0 bridgehead atoms. The summed E-state index contributed by atoms with van der Waals surface area (Å²) in [5, 5.41) is 3.06. The molecule has 0 amide bonds. The number of rotatable bonds is 6. The highest BCUT2D eigenvalue weighted by molar-refractivity contribution is 5.22. The van der Waals surface area contributed by atoms with Crippen LogP contribution in [0.2, 0.25) is 0 Å². The van der Waals surface area contributed by atoms with Crippen LogP contribution >= 0.6 is 0 Å². The Hall–Kier alpha value is -1.13. The number of hydrogen-bond acceptors (Lipinski definition) is 4. The van der Waals surface area contributed by atoms with Crippen LogP contribution in [0.15, 0.2) is 18.3 Å². The van der Waals surface area contributed by atoms with Gasteiger partial charge in [0.25, 0.3) is 0 Å². The van der Waals surface area contributed by atoms with Gasteiger partial charge in [0, 0.05) is 25.4 Å². The van der Waals surface area contributed by atoms with Crippen molar-refractivity contribution in [3.05, 3.63) is 24.0 Å². The molecular weight excluding hydrogens is 190 g/mol. The molecule has 0 atom stereocenters. The van der Waals surface area contributed by atoms with Crippen LogP contribution in [0.25, 0.3) is 0 Å². The van der Waals surface area contributed by atoms with E-state index in [2.05, 4.69) is 15.2 Å². The van der Waals surface area contributed by atoms with Crippen molar-refractivity contribution >= 4 is 0 Å². The van der Waals surface area contributed by atoms with Crippen molar-refractivity contribution in [2.24, 2.45) is 0 Å². The van der Waals surface area contributed by atoms with Crippen molar-refractivity contribution in [2.75, 3.05) is 34.3 Å². The molecular formula is C11H19N3O.